The predicted molar refractivity (Wildman–Crippen MR) is 122 cm³/mol. The van der Waals surface area contributed by atoms with E-state index in [1.54, 1.807) is 45.0 Å². The number of carbonyl (C=O) groups excluding carboxylic acids is 1. The van der Waals surface area contributed by atoms with Crippen molar-refractivity contribution < 1.29 is 18.7 Å². The lowest BCUT2D eigenvalue weighted by molar-refractivity contribution is -0.118. The van der Waals surface area contributed by atoms with Gasteiger partial charge in [-0.1, -0.05) is 56.3 Å². The molecule has 32 heavy (non-hydrogen) atoms. The number of ether oxygens (including phenoxy) is 2. The first-order chi connectivity index (χ1) is 15.4. The third-order valence-corrected chi connectivity index (χ3v) is 5.11. The normalized spacial score (nSPS) is 10.5. The van der Waals surface area contributed by atoms with E-state index in [4.69, 9.17) is 9.47 Å². The van der Waals surface area contributed by atoms with Crippen LogP contribution in [-0.2, 0) is 11.4 Å². The van der Waals surface area contributed by atoms with Crippen molar-refractivity contribution in [1.82, 2.24) is 0 Å². The molecule has 6 heteroatoms. The lowest BCUT2D eigenvalue weighted by Gasteiger charge is -2.19. The van der Waals surface area contributed by atoms with Crippen LogP contribution >= 0.6 is 0 Å². The molecule has 3 aromatic carbocycles. The van der Waals surface area contributed by atoms with Crippen molar-refractivity contribution in [1.29, 1.82) is 5.26 Å². The minimum Gasteiger partial charge on any atom is -0.492 e. The second-order valence-corrected chi connectivity index (χ2v) is 7.66. The highest BCUT2D eigenvalue weighted by Gasteiger charge is 2.26. The lowest BCUT2D eigenvalue weighted by atomic mass is 9.93. The maximum absolute atomic E-state index is 15.6. The van der Waals surface area contributed by atoms with E-state index >= 15 is 4.39 Å². The molecule has 0 heterocycles. The van der Waals surface area contributed by atoms with Crippen molar-refractivity contribution in [2.75, 3.05) is 12.4 Å². The number of nitrogens with zero attached hydrogens (tertiary/aromatic N) is 1. The van der Waals surface area contributed by atoms with Crippen LogP contribution in [-0.4, -0.2) is 13.0 Å². The standard InChI is InChI=1S/C26H25FN2O3/c1-16(2)26(30)29-24-21(14-28)17(3)22(23(27)25(24)31-4)19-11-8-12-20(13-19)32-15-18-9-6-5-7-10-18/h5-13,16H,15H2,1-4H3,(H,29,30). The predicted octanol–water partition coefficient (Wildman–Crippen LogP) is 5.85. The van der Waals surface area contributed by atoms with E-state index in [0.717, 1.165) is 5.56 Å². The molecule has 0 aliphatic carbocycles. The molecule has 1 amide bonds. The van der Waals surface area contributed by atoms with Gasteiger partial charge >= 0.3 is 0 Å². The smallest absolute Gasteiger partial charge is 0.227 e. The fourth-order valence-corrected chi connectivity index (χ4v) is 3.36. The maximum Gasteiger partial charge on any atom is 0.227 e. The Bertz CT molecular complexity index is 1170. The highest BCUT2D eigenvalue weighted by atomic mass is 19.1. The first-order valence-corrected chi connectivity index (χ1v) is 10.3. The molecule has 0 unspecified atom stereocenters. The van der Waals surface area contributed by atoms with Gasteiger partial charge in [-0.25, -0.2) is 4.39 Å². The minimum atomic E-state index is -0.650. The van der Waals surface area contributed by atoms with Crippen LogP contribution in [0.1, 0.15) is 30.5 Å². The van der Waals surface area contributed by atoms with Crippen molar-refractivity contribution >= 4 is 11.6 Å². The maximum atomic E-state index is 15.6. The van der Waals surface area contributed by atoms with E-state index in [0.29, 0.717) is 23.5 Å². The van der Waals surface area contributed by atoms with Gasteiger partial charge in [0.1, 0.15) is 24.1 Å². The zero-order valence-corrected chi connectivity index (χ0v) is 18.5. The molecule has 0 saturated heterocycles. The van der Waals surface area contributed by atoms with Gasteiger partial charge in [-0.2, -0.15) is 5.26 Å². The Hall–Kier alpha value is -3.85. The van der Waals surface area contributed by atoms with Gasteiger partial charge in [-0.15, -0.1) is 0 Å². The van der Waals surface area contributed by atoms with Crippen LogP contribution in [0.15, 0.2) is 54.6 Å². The Balaban J connectivity index is 2.04. The van der Waals surface area contributed by atoms with Crippen molar-refractivity contribution in [3.8, 4) is 28.7 Å². The van der Waals surface area contributed by atoms with Gasteiger partial charge in [0.25, 0.3) is 0 Å². The summed E-state index contributed by atoms with van der Waals surface area (Å²) in [5.41, 5.74) is 2.39. The summed E-state index contributed by atoms with van der Waals surface area (Å²) in [6.07, 6.45) is 0. The third kappa shape index (κ3) is 4.73. The first kappa shape index (κ1) is 22.8. The van der Waals surface area contributed by atoms with Crippen LogP contribution in [0.25, 0.3) is 11.1 Å². The van der Waals surface area contributed by atoms with Crippen LogP contribution in [0.5, 0.6) is 11.5 Å². The number of halogens is 1. The monoisotopic (exact) mass is 432 g/mol. The quantitative estimate of drug-likeness (QED) is 0.508. The van der Waals surface area contributed by atoms with Crippen molar-refractivity contribution in [3.63, 3.8) is 0 Å². The van der Waals surface area contributed by atoms with Gasteiger partial charge in [0.2, 0.25) is 5.91 Å². The number of nitriles is 1. The van der Waals surface area contributed by atoms with E-state index in [1.807, 2.05) is 30.3 Å². The van der Waals surface area contributed by atoms with E-state index in [9.17, 15) is 10.1 Å². The van der Waals surface area contributed by atoms with Crippen LogP contribution in [0.2, 0.25) is 0 Å². The summed E-state index contributed by atoms with van der Waals surface area (Å²) in [7, 11) is 1.31. The number of amides is 1. The van der Waals surface area contributed by atoms with Crippen molar-refractivity contribution in [2.45, 2.75) is 27.4 Å². The second kappa shape index (κ2) is 9.97. The summed E-state index contributed by atoms with van der Waals surface area (Å²) in [5.74, 6) is -0.926. The first-order valence-electron chi connectivity index (χ1n) is 10.3. The van der Waals surface area contributed by atoms with E-state index in [1.165, 1.54) is 7.11 Å². The summed E-state index contributed by atoms with van der Waals surface area (Å²) in [6, 6.07) is 18.8. The number of methoxy groups -OCH3 is 1. The molecule has 5 nitrogen and oxygen atoms in total. The lowest BCUT2D eigenvalue weighted by Crippen LogP contribution is -2.20. The van der Waals surface area contributed by atoms with Crippen LogP contribution < -0.4 is 14.8 Å². The van der Waals surface area contributed by atoms with E-state index in [2.05, 4.69) is 11.4 Å². The molecule has 0 fully saturated rings. The van der Waals surface area contributed by atoms with Gasteiger partial charge < -0.3 is 14.8 Å². The van der Waals surface area contributed by atoms with Crippen LogP contribution in [0.3, 0.4) is 0 Å². The second-order valence-electron chi connectivity index (χ2n) is 7.66. The summed E-state index contributed by atoms with van der Waals surface area (Å²) in [4.78, 5) is 12.2. The molecule has 0 atom stereocenters. The minimum absolute atomic E-state index is 0.0453. The molecule has 3 aromatic rings. The summed E-state index contributed by atoms with van der Waals surface area (Å²) in [5, 5.41) is 12.4. The average molecular weight is 432 g/mol. The Kier molecular flexibility index (Phi) is 7.11. The average Bonchev–Trinajstić information content (AvgIpc) is 2.79. The molecule has 164 valence electrons. The Labute approximate surface area is 187 Å². The van der Waals surface area contributed by atoms with Gasteiger partial charge in [-0.05, 0) is 35.7 Å². The largest absolute Gasteiger partial charge is 0.492 e. The summed E-state index contributed by atoms with van der Waals surface area (Å²) >= 11 is 0. The fourth-order valence-electron chi connectivity index (χ4n) is 3.36. The molecule has 1 N–H and O–H groups in total. The topological polar surface area (TPSA) is 71.3 Å². The number of nitrogens with one attached hydrogen (secondary N) is 1. The number of benzene rings is 3. The highest BCUT2D eigenvalue weighted by molar-refractivity contribution is 5.96. The molecular formula is C26H25FN2O3. The highest BCUT2D eigenvalue weighted by Crippen LogP contribution is 2.42. The molecule has 3 rings (SSSR count). The molecule has 0 spiro atoms. The molecule has 0 aliphatic heterocycles. The van der Waals surface area contributed by atoms with Gasteiger partial charge in [0.05, 0.1) is 12.7 Å². The Morgan fingerprint density at radius 1 is 1.16 bits per heavy atom. The van der Waals surface area contributed by atoms with Crippen LogP contribution in [0, 0.1) is 30.0 Å². The van der Waals surface area contributed by atoms with Gasteiger partial charge in [0, 0.05) is 11.5 Å². The molecule has 0 radical (unpaired) electrons. The van der Waals surface area contributed by atoms with Gasteiger partial charge in [-0.3, -0.25) is 4.79 Å². The molecule has 0 aromatic heterocycles. The van der Waals surface area contributed by atoms with Crippen LogP contribution in [0.4, 0.5) is 10.1 Å². The Morgan fingerprint density at radius 3 is 2.50 bits per heavy atom. The number of anilines is 1. The zero-order valence-electron chi connectivity index (χ0n) is 18.5. The number of hydrogen-bond donors (Lipinski definition) is 1. The Morgan fingerprint density at radius 2 is 1.88 bits per heavy atom. The summed E-state index contributed by atoms with van der Waals surface area (Å²) in [6.45, 7) is 5.45. The third-order valence-electron chi connectivity index (χ3n) is 5.11. The molecular weight excluding hydrogens is 407 g/mol. The van der Waals surface area contributed by atoms with E-state index < -0.39 is 5.82 Å². The number of carbonyl (C=O) groups is 1. The summed E-state index contributed by atoms with van der Waals surface area (Å²) < 4.78 is 26.8. The van der Waals surface area contributed by atoms with Crippen molar-refractivity contribution in [3.05, 3.63) is 77.1 Å². The number of rotatable bonds is 7. The number of hydrogen-bond acceptors (Lipinski definition) is 4. The fraction of sp³-hybridized carbons (Fsp3) is 0.231. The van der Waals surface area contributed by atoms with Crippen molar-refractivity contribution in [2.24, 2.45) is 5.92 Å². The molecule has 0 saturated carbocycles. The molecule has 0 bridgehead atoms. The van der Waals surface area contributed by atoms with Gasteiger partial charge in [0.15, 0.2) is 11.6 Å². The molecule has 0 aliphatic rings. The zero-order chi connectivity index (χ0) is 23.3. The van der Waals surface area contributed by atoms with E-state index in [-0.39, 0.29) is 34.4 Å². The SMILES string of the molecule is COc1c(F)c(-c2cccc(OCc3ccccc3)c2)c(C)c(C#N)c1NC(=O)C(C)C.